The van der Waals surface area contributed by atoms with Crippen LogP contribution in [0.1, 0.15) is 23.2 Å². The number of amides is 1. The summed E-state index contributed by atoms with van der Waals surface area (Å²) >= 11 is 0. The monoisotopic (exact) mass is 343 g/mol. The van der Waals surface area contributed by atoms with Crippen LogP contribution in [0.15, 0.2) is 47.1 Å². The number of aryl methyl sites for hydroxylation is 1. The van der Waals surface area contributed by atoms with Crippen molar-refractivity contribution in [2.45, 2.75) is 20.0 Å². The van der Waals surface area contributed by atoms with E-state index in [4.69, 9.17) is 9.15 Å². The van der Waals surface area contributed by atoms with E-state index in [9.17, 15) is 9.18 Å². The standard InChI is InChI=1S/C18H18FN3O3/c1-3-22-17(14-7-6-12(24-2)9-15(14)19)10-16(21-22)18(23)20-11-13-5-4-8-25-13/h4-10H,3,11H2,1-2H3,(H,20,23). The molecule has 6 nitrogen and oxygen atoms in total. The topological polar surface area (TPSA) is 69.3 Å². The van der Waals surface area contributed by atoms with Crippen LogP contribution >= 0.6 is 0 Å². The molecule has 0 aliphatic carbocycles. The predicted molar refractivity (Wildman–Crippen MR) is 89.7 cm³/mol. The van der Waals surface area contributed by atoms with Crippen LogP contribution in [0.2, 0.25) is 0 Å². The number of halogens is 1. The normalized spacial score (nSPS) is 10.7. The number of benzene rings is 1. The lowest BCUT2D eigenvalue weighted by Crippen LogP contribution is -2.23. The highest BCUT2D eigenvalue weighted by molar-refractivity contribution is 5.93. The zero-order valence-corrected chi connectivity index (χ0v) is 14.0. The molecular formula is C18H18FN3O3. The van der Waals surface area contributed by atoms with E-state index in [1.54, 1.807) is 35.0 Å². The molecule has 0 saturated carbocycles. The summed E-state index contributed by atoms with van der Waals surface area (Å²) in [7, 11) is 1.48. The molecule has 0 bridgehead atoms. The molecule has 3 rings (SSSR count). The number of furan rings is 1. The third-order valence-electron chi connectivity index (χ3n) is 3.77. The molecule has 25 heavy (non-hydrogen) atoms. The number of hydrogen-bond donors (Lipinski definition) is 1. The van der Waals surface area contributed by atoms with Gasteiger partial charge in [0, 0.05) is 18.2 Å². The van der Waals surface area contributed by atoms with E-state index in [0.717, 1.165) is 0 Å². The number of ether oxygens (including phenoxy) is 1. The van der Waals surface area contributed by atoms with E-state index < -0.39 is 5.82 Å². The van der Waals surface area contributed by atoms with Crippen molar-refractivity contribution < 1.29 is 18.3 Å². The van der Waals surface area contributed by atoms with E-state index in [2.05, 4.69) is 10.4 Å². The summed E-state index contributed by atoms with van der Waals surface area (Å²) in [5, 5.41) is 6.99. The summed E-state index contributed by atoms with van der Waals surface area (Å²) in [6.45, 7) is 2.64. The molecule has 1 amide bonds. The summed E-state index contributed by atoms with van der Waals surface area (Å²) in [6, 6.07) is 9.68. The van der Waals surface area contributed by atoms with Gasteiger partial charge in [-0.15, -0.1) is 0 Å². The van der Waals surface area contributed by atoms with E-state index in [1.807, 2.05) is 6.92 Å². The first-order valence-corrected chi connectivity index (χ1v) is 7.84. The first-order chi connectivity index (χ1) is 12.1. The second kappa shape index (κ2) is 7.21. The molecule has 130 valence electrons. The van der Waals surface area contributed by atoms with Crippen molar-refractivity contribution in [2.24, 2.45) is 0 Å². The fourth-order valence-corrected chi connectivity index (χ4v) is 2.49. The Morgan fingerprint density at radius 3 is 2.84 bits per heavy atom. The van der Waals surface area contributed by atoms with E-state index in [1.165, 1.54) is 19.4 Å². The van der Waals surface area contributed by atoms with Crippen LogP contribution in [0.3, 0.4) is 0 Å². The molecule has 2 heterocycles. The lowest BCUT2D eigenvalue weighted by molar-refractivity contribution is 0.0942. The van der Waals surface area contributed by atoms with Crippen molar-refractivity contribution in [2.75, 3.05) is 7.11 Å². The average molecular weight is 343 g/mol. The molecule has 2 aromatic heterocycles. The maximum absolute atomic E-state index is 14.3. The van der Waals surface area contributed by atoms with Crippen LogP contribution in [0, 0.1) is 5.82 Å². The number of methoxy groups -OCH3 is 1. The predicted octanol–water partition coefficient (Wildman–Crippen LogP) is 3.24. The molecule has 0 saturated heterocycles. The van der Waals surface area contributed by atoms with Crippen molar-refractivity contribution in [3.05, 3.63) is 59.9 Å². The van der Waals surface area contributed by atoms with Gasteiger partial charge in [-0.2, -0.15) is 5.10 Å². The molecule has 3 aromatic rings. The van der Waals surface area contributed by atoms with E-state index in [-0.39, 0.29) is 18.1 Å². The highest BCUT2D eigenvalue weighted by Crippen LogP contribution is 2.27. The Morgan fingerprint density at radius 2 is 2.20 bits per heavy atom. The highest BCUT2D eigenvalue weighted by atomic mass is 19.1. The second-order valence-corrected chi connectivity index (χ2v) is 5.34. The molecule has 0 unspecified atom stereocenters. The summed E-state index contributed by atoms with van der Waals surface area (Å²) < 4.78 is 26.1. The summed E-state index contributed by atoms with van der Waals surface area (Å²) in [6.07, 6.45) is 1.54. The number of nitrogens with one attached hydrogen (secondary N) is 1. The zero-order chi connectivity index (χ0) is 17.8. The van der Waals surface area contributed by atoms with Gasteiger partial charge in [0.1, 0.15) is 17.3 Å². The molecule has 1 N–H and O–H groups in total. The molecular weight excluding hydrogens is 325 g/mol. The Kier molecular flexibility index (Phi) is 4.83. The summed E-state index contributed by atoms with van der Waals surface area (Å²) in [4.78, 5) is 12.3. The van der Waals surface area contributed by atoms with Gasteiger partial charge < -0.3 is 14.5 Å². The first kappa shape index (κ1) is 16.8. The third-order valence-corrected chi connectivity index (χ3v) is 3.77. The van der Waals surface area contributed by atoms with Gasteiger partial charge in [-0.25, -0.2) is 4.39 Å². The number of carbonyl (C=O) groups is 1. The SMILES string of the molecule is CCn1nc(C(=O)NCc2ccco2)cc1-c1ccc(OC)cc1F. The van der Waals surface area contributed by atoms with Crippen molar-refractivity contribution in [1.82, 2.24) is 15.1 Å². The zero-order valence-electron chi connectivity index (χ0n) is 14.0. The molecule has 7 heteroatoms. The fourth-order valence-electron chi connectivity index (χ4n) is 2.49. The highest BCUT2D eigenvalue weighted by Gasteiger charge is 2.17. The third kappa shape index (κ3) is 3.55. The van der Waals surface area contributed by atoms with Crippen molar-refractivity contribution >= 4 is 5.91 Å². The largest absolute Gasteiger partial charge is 0.497 e. The van der Waals surface area contributed by atoms with Crippen molar-refractivity contribution in [3.8, 4) is 17.0 Å². The Labute approximate surface area is 144 Å². The molecule has 0 aliphatic heterocycles. The van der Waals surface area contributed by atoms with Gasteiger partial charge in [-0.1, -0.05) is 0 Å². The van der Waals surface area contributed by atoms with Crippen LogP contribution < -0.4 is 10.1 Å². The number of aromatic nitrogens is 2. The van der Waals surface area contributed by atoms with Gasteiger partial charge in [0.25, 0.3) is 5.91 Å². The quantitative estimate of drug-likeness (QED) is 0.746. The Balaban J connectivity index is 1.85. The molecule has 0 fully saturated rings. The van der Waals surface area contributed by atoms with Crippen LogP contribution in [0.5, 0.6) is 5.75 Å². The average Bonchev–Trinajstić information content (AvgIpc) is 3.29. The van der Waals surface area contributed by atoms with Gasteiger partial charge >= 0.3 is 0 Å². The van der Waals surface area contributed by atoms with Crippen LogP contribution in [0.4, 0.5) is 4.39 Å². The number of nitrogens with zero attached hydrogens (tertiary/aromatic N) is 2. The van der Waals surface area contributed by atoms with Crippen LogP contribution in [-0.2, 0) is 13.1 Å². The number of rotatable bonds is 6. The summed E-state index contributed by atoms with van der Waals surface area (Å²) in [5.41, 5.74) is 1.12. The molecule has 0 atom stereocenters. The van der Waals surface area contributed by atoms with E-state index in [0.29, 0.717) is 29.3 Å². The molecule has 1 aromatic carbocycles. The first-order valence-electron chi connectivity index (χ1n) is 7.84. The van der Waals surface area contributed by atoms with Crippen LogP contribution in [0.25, 0.3) is 11.3 Å². The van der Waals surface area contributed by atoms with Gasteiger partial charge in [-0.05, 0) is 37.3 Å². The molecule has 0 spiro atoms. The van der Waals surface area contributed by atoms with Gasteiger partial charge in [0.2, 0.25) is 0 Å². The van der Waals surface area contributed by atoms with Gasteiger partial charge in [-0.3, -0.25) is 9.48 Å². The van der Waals surface area contributed by atoms with Crippen molar-refractivity contribution in [1.29, 1.82) is 0 Å². The maximum Gasteiger partial charge on any atom is 0.272 e. The number of carbonyl (C=O) groups excluding carboxylic acids is 1. The van der Waals surface area contributed by atoms with Crippen molar-refractivity contribution in [3.63, 3.8) is 0 Å². The lowest BCUT2D eigenvalue weighted by atomic mass is 10.1. The minimum Gasteiger partial charge on any atom is -0.497 e. The van der Waals surface area contributed by atoms with E-state index >= 15 is 0 Å². The smallest absolute Gasteiger partial charge is 0.272 e. The minimum atomic E-state index is -0.434. The summed E-state index contributed by atoms with van der Waals surface area (Å²) in [5.74, 6) is 0.292. The Morgan fingerprint density at radius 1 is 1.36 bits per heavy atom. The fraction of sp³-hybridized carbons (Fsp3) is 0.222. The van der Waals surface area contributed by atoms with Gasteiger partial charge in [0.15, 0.2) is 5.69 Å². The van der Waals surface area contributed by atoms with Gasteiger partial charge in [0.05, 0.1) is 25.6 Å². The Bertz CT molecular complexity index is 872. The maximum atomic E-state index is 14.3. The second-order valence-electron chi connectivity index (χ2n) is 5.34. The molecule has 0 radical (unpaired) electrons. The van der Waals surface area contributed by atoms with Crippen LogP contribution in [-0.4, -0.2) is 22.8 Å². The minimum absolute atomic E-state index is 0.221. The number of hydrogen-bond acceptors (Lipinski definition) is 4. The molecule has 0 aliphatic rings. The lowest BCUT2D eigenvalue weighted by Gasteiger charge is -2.07. The Hall–Kier alpha value is -3.09.